The van der Waals surface area contributed by atoms with Gasteiger partial charge in [-0.1, -0.05) is 46.3 Å². The van der Waals surface area contributed by atoms with Gasteiger partial charge in [0.15, 0.2) is 5.11 Å². The highest BCUT2D eigenvalue weighted by molar-refractivity contribution is 9.10. The summed E-state index contributed by atoms with van der Waals surface area (Å²) < 4.78 is 0.905. The zero-order chi connectivity index (χ0) is 24.6. The number of hydrogen-bond donors (Lipinski definition) is 2. The first-order valence-corrected chi connectivity index (χ1v) is 12.4. The largest absolute Gasteiger partial charge is 0.368 e. The van der Waals surface area contributed by atoms with E-state index in [0.29, 0.717) is 18.7 Å². The second-order valence-corrected chi connectivity index (χ2v) is 9.34. The number of carbonyl (C=O) groups excluding carboxylic acids is 2. The van der Waals surface area contributed by atoms with Crippen LogP contribution >= 0.6 is 28.1 Å². The Labute approximate surface area is 218 Å². The minimum Gasteiger partial charge on any atom is -0.368 e. The molecule has 1 fully saturated rings. The summed E-state index contributed by atoms with van der Waals surface area (Å²) in [6, 6.07) is 24.7. The van der Waals surface area contributed by atoms with Gasteiger partial charge in [0.25, 0.3) is 5.91 Å². The maximum atomic E-state index is 12.5. The van der Waals surface area contributed by atoms with Gasteiger partial charge in [0, 0.05) is 53.7 Å². The van der Waals surface area contributed by atoms with Crippen LogP contribution in [0.25, 0.3) is 6.08 Å². The van der Waals surface area contributed by atoms with Crippen molar-refractivity contribution in [2.45, 2.75) is 0 Å². The fourth-order valence-corrected chi connectivity index (χ4v) is 4.19. The molecule has 3 aromatic carbocycles. The van der Waals surface area contributed by atoms with E-state index in [1.807, 2.05) is 65.6 Å². The van der Waals surface area contributed by atoms with E-state index in [9.17, 15) is 9.59 Å². The Bertz CT molecular complexity index is 1210. The standard InChI is InChI=1S/C27H25BrN4O2S/c28-22-9-7-21(8-10-22)26(34)30-27(35)29-23-11-13-24(14-12-23)31-16-18-32(19-17-31)25(33)15-6-20-4-2-1-3-5-20/h1-15H,16-19H2,(H2,29,30,34,35)/b15-6+. The lowest BCUT2D eigenvalue weighted by Crippen LogP contribution is -2.48. The van der Waals surface area contributed by atoms with Crippen molar-refractivity contribution in [2.75, 3.05) is 36.4 Å². The van der Waals surface area contributed by atoms with Gasteiger partial charge in [0.05, 0.1) is 0 Å². The van der Waals surface area contributed by atoms with Gasteiger partial charge in [-0.25, -0.2) is 0 Å². The Hall–Kier alpha value is -3.49. The number of rotatable bonds is 5. The first-order chi connectivity index (χ1) is 17.0. The number of anilines is 2. The highest BCUT2D eigenvalue weighted by Crippen LogP contribution is 2.20. The summed E-state index contributed by atoms with van der Waals surface area (Å²) >= 11 is 8.63. The van der Waals surface area contributed by atoms with Gasteiger partial charge in [-0.3, -0.25) is 14.9 Å². The molecule has 6 nitrogen and oxygen atoms in total. The van der Waals surface area contributed by atoms with Gasteiger partial charge in [-0.15, -0.1) is 0 Å². The Morgan fingerprint density at radius 2 is 1.51 bits per heavy atom. The van der Waals surface area contributed by atoms with Gasteiger partial charge in [0.2, 0.25) is 5.91 Å². The molecule has 35 heavy (non-hydrogen) atoms. The molecule has 0 radical (unpaired) electrons. The van der Waals surface area contributed by atoms with Crippen LogP contribution in [0.3, 0.4) is 0 Å². The molecule has 0 aromatic heterocycles. The lowest BCUT2D eigenvalue weighted by atomic mass is 10.2. The lowest BCUT2D eigenvalue weighted by Gasteiger charge is -2.35. The quantitative estimate of drug-likeness (QED) is 0.349. The molecule has 0 atom stereocenters. The number of thiocarbonyl (C=S) groups is 1. The molecule has 0 spiro atoms. The highest BCUT2D eigenvalue weighted by atomic mass is 79.9. The van der Waals surface area contributed by atoms with Crippen LogP contribution in [0.4, 0.5) is 11.4 Å². The van der Waals surface area contributed by atoms with Crippen molar-refractivity contribution < 1.29 is 9.59 Å². The average Bonchev–Trinajstić information content (AvgIpc) is 2.89. The van der Waals surface area contributed by atoms with Crippen molar-refractivity contribution in [1.29, 1.82) is 0 Å². The first-order valence-electron chi connectivity index (χ1n) is 11.2. The molecule has 1 saturated heterocycles. The van der Waals surface area contributed by atoms with Crippen LogP contribution in [0.15, 0.2) is 89.4 Å². The SMILES string of the molecule is O=C(NC(=S)Nc1ccc(N2CCN(C(=O)/C=C/c3ccccc3)CC2)cc1)c1ccc(Br)cc1. The van der Waals surface area contributed by atoms with Gasteiger partial charge in [-0.2, -0.15) is 0 Å². The summed E-state index contributed by atoms with van der Waals surface area (Å²) in [5, 5.41) is 5.97. The van der Waals surface area contributed by atoms with Crippen molar-refractivity contribution in [3.63, 3.8) is 0 Å². The summed E-state index contributed by atoms with van der Waals surface area (Å²) in [7, 11) is 0. The Kier molecular flexibility index (Phi) is 8.28. The predicted octanol–water partition coefficient (Wildman–Crippen LogP) is 4.94. The summed E-state index contributed by atoms with van der Waals surface area (Å²) in [6.07, 6.45) is 3.50. The van der Waals surface area contributed by atoms with Gasteiger partial charge in [-0.05, 0) is 72.4 Å². The van der Waals surface area contributed by atoms with Gasteiger partial charge in [0.1, 0.15) is 0 Å². The predicted molar refractivity (Wildman–Crippen MR) is 149 cm³/mol. The molecule has 3 aromatic rings. The van der Waals surface area contributed by atoms with E-state index in [1.165, 1.54) is 0 Å². The third-order valence-electron chi connectivity index (χ3n) is 5.63. The molecule has 0 bridgehead atoms. The highest BCUT2D eigenvalue weighted by Gasteiger charge is 2.20. The third kappa shape index (κ3) is 7.00. The Balaban J connectivity index is 1.25. The smallest absolute Gasteiger partial charge is 0.257 e. The van der Waals surface area contributed by atoms with E-state index >= 15 is 0 Å². The monoisotopic (exact) mass is 548 g/mol. The van der Waals surface area contributed by atoms with E-state index in [-0.39, 0.29) is 16.9 Å². The molecular weight excluding hydrogens is 524 g/mol. The molecule has 1 aliphatic rings. The summed E-state index contributed by atoms with van der Waals surface area (Å²) in [5.74, 6) is -0.232. The molecule has 1 aliphatic heterocycles. The van der Waals surface area contributed by atoms with E-state index in [4.69, 9.17) is 12.2 Å². The zero-order valence-electron chi connectivity index (χ0n) is 19.0. The summed E-state index contributed by atoms with van der Waals surface area (Å²) in [4.78, 5) is 28.9. The molecule has 1 heterocycles. The molecule has 4 rings (SSSR count). The summed E-state index contributed by atoms with van der Waals surface area (Å²) in [5.41, 5.74) is 3.41. The molecule has 0 aliphatic carbocycles. The van der Waals surface area contributed by atoms with Crippen molar-refractivity contribution in [3.05, 3.63) is 101 Å². The number of amides is 2. The maximum absolute atomic E-state index is 12.5. The third-order valence-corrected chi connectivity index (χ3v) is 6.37. The van der Waals surface area contributed by atoms with Gasteiger partial charge >= 0.3 is 0 Å². The van der Waals surface area contributed by atoms with Crippen LogP contribution in [0.5, 0.6) is 0 Å². The van der Waals surface area contributed by atoms with Crippen molar-refractivity contribution in [1.82, 2.24) is 10.2 Å². The van der Waals surface area contributed by atoms with Crippen LogP contribution in [0.2, 0.25) is 0 Å². The van der Waals surface area contributed by atoms with E-state index in [1.54, 1.807) is 30.3 Å². The van der Waals surface area contributed by atoms with Crippen LogP contribution in [0, 0.1) is 0 Å². The van der Waals surface area contributed by atoms with E-state index < -0.39 is 0 Å². The fourth-order valence-electron chi connectivity index (χ4n) is 3.72. The molecule has 0 saturated carbocycles. The number of halogens is 1. The van der Waals surface area contributed by atoms with E-state index in [0.717, 1.165) is 34.5 Å². The topological polar surface area (TPSA) is 64.7 Å². The van der Waals surface area contributed by atoms with Crippen molar-refractivity contribution >= 4 is 62.5 Å². The maximum Gasteiger partial charge on any atom is 0.257 e. The number of piperazine rings is 1. The normalized spacial score (nSPS) is 13.5. The summed E-state index contributed by atoms with van der Waals surface area (Å²) in [6.45, 7) is 2.87. The zero-order valence-corrected chi connectivity index (χ0v) is 21.4. The second kappa shape index (κ2) is 11.8. The van der Waals surface area contributed by atoms with E-state index in [2.05, 4.69) is 31.5 Å². The molecule has 0 unspecified atom stereocenters. The first kappa shape index (κ1) is 24.6. The molecule has 8 heteroatoms. The lowest BCUT2D eigenvalue weighted by molar-refractivity contribution is -0.126. The Morgan fingerprint density at radius 1 is 0.857 bits per heavy atom. The number of hydrogen-bond acceptors (Lipinski definition) is 4. The number of benzene rings is 3. The minimum absolute atomic E-state index is 0.0340. The number of nitrogens with zero attached hydrogens (tertiary/aromatic N) is 2. The van der Waals surface area contributed by atoms with Crippen molar-refractivity contribution in [3.8, 4) is 0 Å². The average molecular weight is 549 g/mol. The fraction of sp³-hybridized carbons (Fsp3) is 0.148. The number of nitrogens with one attached hydrogen (secondary N) is 2. The molecule has 2 N–H and O–H groups in total. The van der Waals surface area contributed by atoms with Crippen LogP contribution in [0.1, 0.15) is 15.9 Å². The van der Waals surface area contributed by atoms with Crippen LogP contribution < -0.4 is 15.5 Å². The van der Waals surface area contributed by atoms with Gasteiger partial charge < -0.3 is 15.1 Å². The Morgan fingerprint density at radius 3 is 2.17 bits per heavy atom. The molecular formula is C27H25BrN4O2S. The van der Waals surface area contributed by atoms with Crippen molar-refractivity contribution in [2.24, 2.45) is 0 Å². The number of carbonyl (C=O) groups is 2. The minimum atomic E-state index is -0.266. The van der Waals surface area contributed by atoms with Crippen LogP contribution in [-0.2, 0) is 4.79 Å². The molecule has 178 valence electrons. The molecule has 2 amide bonds. The second-order valence-electron chi connectivity index (χ2n) is 8.02. The van der Waals surface area contributed by atoms with Crippen LogP contribution in [-0.4, -0.2) is 48.0 Å².